The maximum Gasteiger partial charge on any atom is 0.184 e. The molecule has 1 atom stereocenters. The number of nitrogens with zero attached hydrogens (tertiary/aromatic N) is 4. The number of hydrogen-bond donors (Lipinski definition) is 0. The zero-order chi connectivity index (χ0) is 12.3. The fourth-order valence-electron chi connectivity index (χ4n) is 2.17. The van der Waals surface area contributed by atoms with Crippen molar-refractivity contribution in [2.45, 2.75) is 12.5 Å². The van der Waals surface area contributed by atoms with Crippen LogP contribution < -0.4 is 0 Å². The van der Waals surface area contributed by atoms with Crippen LogP contribution in [0.15, 0.2) is 18.7 Å². The third kappa shape index (κ3) is 2.87. The van der Waals surface area contributed by atoms with Gasteiger partial charge in [-0.2, -0.15) is 0 Å². The summed E-state index contributed by atoms with van der Waals surface area (Å²) in [6.07, 6.45) is 5.73. The Balaban J connectivity index is 2.17. The van der Waals surface area contributed by atoms with Gasteiger partial charge in [0.1, 0.15) is 6.33 Å². The molecule has 1 saturated heterocycles. The molecule has 0 saturated carbocycles. The predicted molar refractivity (Wildman–Crippen MR) is 64.9 cm³/mol. The van der Waals surface area contributed by atoms with Crippen molar-refractivity contribution in [1.82, 2.24) is 19.8 Å². The maximum absolute atomic E-state index is 12.4. The molecule has 0 aliphatic carbocycles. The molecule has 0 aromatic carbocycles. The fourth-order valence-corrected chi connectivity index (χ4v) is 2.17. The largest absolute Gasteiger partial charge is 0.304 e. The van der Waals surface area contributed by atoms with Crippen LogP contribution >= 0.6 is 0 Å². The summed E-state index contributed by atoms with van der Waals surface area (Å²) < 4.78 is 0. The molecule has 17 heavy (non-hydrogen) atoms. The third-order valence-electron chi connectivity index (χ3n) is 3.22. The molecule has 2 heterocycles. The molecule has 0 amide bonds. The van der Waals surface area contributed by atoms with Gasteiger partial charge in [0.15, 0.2) is 5.78 Å². The van der Waals surface area contributed by atoms with E-state index in [-0.39, 0.29) is 11.8 Å². The van der Waals surface area contributed by atoms with Crippen molar-refractivity contribution >= 4 is 5.78 Å². The summed E-state index contributed by atoms with van der Waals surface area (Å²) in [6, 6.07) is -0.0894. The van der Waals surface area contributed by atoms with Crippen molar-refractivity contribution in [3.63, 3.8) is 0 Å². The van der Waals surface area contributed by atoms with Crippen molar-refractivity contribution < 1.29 is 4.79 Å². The molecule has 92 valence electrons. The number of carbonyl (C=O) groups is 1. The molecule has 1 fully saturated rings. The lowest BCUT2D eigenvalue weighted by molar-refractivity contribution is 0.0838. The van der Waals surface area contributed by atoms with Crippen LogP contribution in [0.3, 0.4) is 0 Å². The Morgan fingerprint density at radius 3 is 2.71 bits per heavy atom. The smallest absolute Gasteiger partial charge is 0.184 e. The van der Waals surface area contributed by atoms with E-state index in [0.717, 1.165) is 26.1 Å². The average molecular weight is 234 g/mol. The van der Waals surface area contributed by atoms with Gasteiger partial charge in [0.05, 0.1) is 11.6 Å². The molecule has 0 N–H and O–H groups in total. The number of aromatic nitrogens is 2. The van der Waals surface area contributed by atoms with Crippen LogP contribution in [0.2, 0.25) is 0 Å². The van der Waals surface area contributed by atoms with Gasteiger partial charge in [-0.15, -0.1) is 0 Å². The van der Waals surface area contributed by atoms with Gasteiger partial charge in [-0.05, 0) is 33.6 Å². The first kappa shape index (κ1) is 12.1. The number of hydrogen-bond acceptors (Lipinski definition) is 5. The van der Waals surface area contributed by atoms with E-state index >= 15 is 0 Å². The summed E-state index contributed by atoms with van der Waals surface area (Å²) in [5.41, 5.74) is 0.597. The quantitative estimate of drug-likeness (QED) is 0.689. The van der Waals surface area contributed by atoms with E-state index in [1.165, 1.54) is 6.33 Å². The minimum atomic E-state index is -0.0894. The molecule has 1 aromatic rings. The van der Waals surface area contributed by atoms with E-state index in [1.54, 1.807) is 12.4 Å². The molecule has 1 unspecified atom stereocenters. The minimum absolute atomic E-state index is 0.0894. The fraction of sp³-hybridized carbons (Fsp3) is 0.583. The monoisotopic (exact) mass is 234 g/mol. The lowest BCUT2D eigenvalue weighted by atomic mass is 10.1. The molecular formula is C12H18N4O. The summed E-state index contributed by atoms with van der Waals surface area (Å²) in [6.45, 7) is 2.76. The second-order valence-electron chi connectivity index (χ2n) is 4.60. The third-order valence-corrected chi connectivity index (χ3v) is 3.22. The van der Waals surface area contributed by atoms with Crippen LogP contribution in [0, 0.1) is 0 Å². The van der Waals surface area contributed by atoms with E-state index in [1.807, 2.05) is 7.05 Å². The molecule has 5 nitrogen and oxygen atoms in total. The first-order chi connectivity index (χ1) is 8.18. The molecule has 1 aliphatic heterocycles. The van der Waals surface area contributed by atoms with Crippen molar-refractivity contribution in [3.05, 3.63) is 24.3 Å². The SMILES string of the molecule is CN1CCCN(C)C(C(=O)c2cncnc2)C1. The number of carbonyl (C=O) groups excluding carboxylic acids is 1. The summed E-state index contributed by atoms with van der Waals surface area (Å²) in [4.78, 5) is 24.5. The summed E-state index contributed by atoms with van der Waals surface area (Å²) in [5, 5.41) is 0. The highest BCUT2D eigenvalue weighted by Gasteiger charge is 2.27. The summed E-state index contributed by atoms with van der Waals surface area (Å²) in [7, 11) is 4.06. The number of ketones is 1. The predicted octanol–water partition coefficient (Wildman–Crippen LogP) is 0.295. The van der Waals surface area contributed by atoms with Gasteiger partial charge in [0.2, 0.25) is 0 Å². The number of Topliss-reactive ketones (excluding diaryl/α,β-unsaturated/α-hetero) is 1. The van der Waals surface area contributed by atoms with Crippen molar-refractivity contribution in [2.24, 2.45) is 0 Å². The van der Waals surface area contributed by atoms with E-state index in [9.17, 15) is 4.79 Å². The van der Waals surface area contributed by atoms with Gasteiger partial charge in [-0.1, -0.05) is 0 Å². The Morgan fingerprint density at radius 2 is 2.00 bits per heavy atom. The summed E-state index contributed by atoms with van der Waals surface area (Å²) >= 11 is 0. The Hall–Kier alpha value is -1.33. The average Bonchev–Trinajstić information content (AvgIpc) is 2.51. The van der Waals surface area contributed by atoms with Crippen LogP contribution in [-0.4, -0.2) is 65.3 Å². The molecule has 0 bridgehead atoms. The van der Waals surface area contributed by atoms with Crippen LogP contribution in [0.25, 0.3) is 0 Å². The molecule has 0 radical (unpaired) electrons. The lowest BCUT2D eigenvalue weighted by Crippen LogP contribution is -2.43. The first-order valence-corrected chi connectivity index (χ1v) is 5.86. The van der Waals surface area contributed by atoms with E-state index in [4.69, 9.17) is 0 Å². The summed E-state index contributed by atoms with van der Waals surface area (Å²) in [5.74, 6) is 0.113. The van der Waals surface area contributed by atoms with Crippen LogP contribution in [-0.2, 0) is 0 Å². The lowest BCUT2D eigenvalue weighted by Gasteiger charge is -2.25. The normalized spacial score (nSPS) is 23.3. The molecule has 2 rings (SSSR count). The molecular weight excluding hydrogens is 216 g/mol. The topological polar surface area (TPSA) is 49.3 Å². The Labute approximate surface area is 101 Å². The van der Waals surface area contributed by atoms with Gasteiger partial charge < -0.3 is 4.90 Å². The zero-order valence-electron chi connectivity index (χ0n) is 10.3. The van der Waals surface area contributed by atoms with Crippen LogP contribution in [0.5, 0.6) is 0 Å². The van der Waals surface area contributed by atoms with Gasteiger partial charge in [0, 0.05) is 18.9 Å². The maximum atomic E-state index is 12.4. The van der Waals surface area contributed by atoms with Gasteiger partial charge in [-0.3, -0.25) is 9.69 Å². The highest BCUT2D eigenvalue weighted by atomic mass is 16.1. The first-order valence-electron chi connectivity index (χ1n) is 5.86. The number of rotatable bonds is 2. The van der Waals surface area contributed by atoms with Crippen LogP contribution in [0.1, 0.15) is 16.8 Å². The zero-order valence-corrected chi connectivity index (χ0v) is 10.3. The standard InChI is InChI=1S/C12H18N4O/c1-15-4-3-5-16(2)11(8-15)12(17)10-6-13-9-14-7-10/h6-7,9,11H,3-5,8H2,1-2H3. The minimum Gasteiger partial charge on any atom is -0.304 e. The van der Waals surface area contributed by atoms with E-state index in [0.29, 0.717) is 5.56 Å². The highest BCUT2D eigenvalue weighted by Crippen LogP contribution is 2.11. The van der Waals surface area contributed by atoms with Crippen molar-refractivity contribution in [2.75, 3.05) is 33.7 Å². The van der Waals surface area contributed by atoms with Crippen LogP contribution in [0.4, 0.5) is 0 Å². The number of likely N-dealkylation sites (N-methyl/N-ethyl adjacent to an activating group) is 2. The molecule has 0 spiro atoms. The van der Waals surface area contributed by atoms with Gasteiger partial charge in [0.25, 0.3) is 0 Å². The second kappa shape index (κ2) is 5.33. The molecule has 5 heteroatoms. The Bertz CT molecular complexity index is 381. The van der Waals surface area contributed by atoms with Gasteiger partial charge >= 0.3 is 0 Å². The molecule has 1 aromatic heterocycles. The highest BCUT2D eigenvalue weighted by molar-refractivity contribution is 5.99. The van der Waals surface area contributed by atoms with E-state index < -0.39 is 0 Å². The second-order valence-corrected chi connectivity index (χ2v) is 4.60. The van der Waals surface area contributed by atoms with Gasteiger partial charge in [-0.25, -0.2) is 9.97 Å². The van der Waals surface area contributed by atoms with Crippen molar-refractivity contribution in [3.8, 4) is 0 Å². The Kier molecular flexibility index (Phi) is 3.81. The van der Waals surface area contributed by atoms with E-state index in [2.05, 4.69) is 26.8 Å². The Morgan fingerprint density at radius 1 is 1.29 bits per heavy atom. The molecule has 1 aliphatic rings. The van der Waals surface area contributed by atoms with Crippen molar-refractivity contribution in [1.29, 1.82) is 0 Å².